The molecule has 0 aliphatic heterocycles. The molecule has 1 heterocycles. The monoisotopic (exact) mass is 233 g/mol. The van der Waals surface area contributed by atoms with Crippen molar-refractivity contribution in [3.05, 3.63) is 16.5 Å². The number of halogens is 2. The summed E-state index contributed by atoms with van der Waals surface area (Å²) < 4.78 is 0. The van der Waals surface area contributed by atoms with Crippen molar-refractivity contribution >= 4 is 29.0 Å². The van der Waals surface area contributed by atoms with Gasteiger partial charge < -0.3 is 5.32 Å². The smallest absolute Gasteiger partial charge is 0.224 e. The van der Waals surface area contributed by atoms with Crippen LogP contribution in [-0.4, -0.2) is 16.0 Å². The standard InChI is InChI=1S/C9H13Cl2N3/c1-5(2)6(3)13-8-7(10)4-12-9(11)14-8/h4-6H,1-3H3,(H,12,13,14). The van der Waals surface area contributed by atoms with Crippen LogP contribution >= 0.6 is 23.2 Å². The minimum Gasteiger partial charge on any atom is -0.366 e. The molecular formula is C9H13Cl2N3. The highest BCUT2D eigenvalue weighted by molar-refractivity contribution is 6.33. The number of hydrogen-bond donors (Lipinski definition) is 1. The van der Waals surface area contributed by atoms with Crippen molar-refractivity contribution in [1.82, 2.24) is 9.97 Å². The summed E-state index contributed by atoms with van der Waals surface area (Å²) in [5, 5.41) is 3.87. The molecular weight excluding hydrogens is 221 g/mol. The van der Waals surface area contributed by atoms with Gasteiger partial charge in [-0.3, -0.25) is 0 Å². The van der Waals surface area contributed by atoms with Crippen LogP contribution in [0.5, 0.6) is 0 Å². The summed E-state index contributed by atoms with van der Waals surface area (Å²) >= 11 is 11.6. The quantitative estimate of drug-likeness (QED) is 0.816. The zero-order valence-corrected chi connectivity index (χ0v) is 9.89. The fraction of sp³-hybridized carbons (Fsp3) is 0.556. The molecule has 5 heteroatoms. The highest BCUT2D eigenvalue weighted by atomic mass is 35.5. The second-order valence-electron chi connectivity index (χ2n) is 3.51. The van der Waals surface area contributed by atoms with Gasteiger partial charge in [-0.15, -0.1) is 0 Å². The summed E-state index contributed by atoms with van der Waals surface area (Å²) in [6, 6.07) is 0.290. The van der Waals surface area contributed by atoms with Crippen LogP contribution in [0.15, 0.2) is 6.20 Å². The molecule has 0 amide bonds. The second-order valence-corrected chi connectivity index (χ2v) is 4.26. The Balaban J connectivity index is 2.80. The zero-order valence-electron chi connectivity index (χ0n) is 8.38. The number of rotatable bonds is 3. The predicted octanol–water partition coefficient (Wildman–Crippen LogP) is 3.24. The minimum absolute atomic E-state index is 0.202. The van der Waals surface area contributed by atoms with Gasteiger partial charge in [-0.2, -0.15) is 4.98 Å². The molecule has 1 unspecified atom stereocenters. The molecule has 1 aromatic heterocycles. The summed E-state index contributed by atoms with van der Waals surface area (Å²) in [5.74, 6) is 1.09. The first-order valence-electron chi connectivity index (χ1n) is 4.45. The van der Waals surface area contributed by atoms with Crippen molar-refractivity contribution in [2.45, 2.75) is 26.8 Å². The van der Waals surface area contributed by atoms with Crippen molar-refractivity contribution in [2.24, 2.45) is 5.92 Å². The van der Waals surface area contributed by atoms with Crippen molar-refractivity contribution in [3.8, 4) is 0 Å². The van der Waals surface area contributed by atoms with Gasteiger partial charge in [0.1, 0.15) is 10.8 Å². The molecule has 0 saturated carbocycles. The Morgan fingerprint density at radius 2 is 1.93 bits per heavy atom. The van der Waals surface area contributed by atoms with E-state index in [1.807, 2.05) is 0 Å². The number of aromatic nitrogens is 2. The Morgan fingerprint density at radius 3 is 2.50 bits per heavy atom. The van der Waals surface area contributed by atoms with E-state index in [4.69, 9.17) is 23.2 Å². The molecule has 14 heavy (non-hydrogen) atoms. The number of hydrogen-bond acceptors (Lipinski definition) is 3. The SMILES string of the molecule is CC(C)C(C)Nc1nc(Cl)ncc1Cl. The van der Waals surface area contributed by atoms with E-state index in [1.54, 1.807) is 0 Å². The lowest BCUT2D eigenvalue weighted by Crippen LogP contribution is -2.22. The lowest BCUT2D eigenvalue weighted by Gasteiger charge is -2.18. The van der Waals surface area contributed by atoms with E-state index < -0.39 is 0 Å². The van der Waals surface area contributed by atoms with Crippen molar-refractivity contribution < 1.29 is 0 Å². The van der Waals surface area contributed by atoms with E-state index in [1.165, 1.54) is 6.20 Å². The summed E-state index contributed by atoms with van der Waals surface area (Å²) in [4.78, 5) is 7.78. The van der Waals surface area contributed by atoms with Gasteiger partial charge in [-0.25, -0.2) is 4.98 Å². The highest BCUT2D eigenvalue weighted by Gasteiger charge is 2.10. The van der Waals surface area contributed by atoms with Crippen LogP contribution in [-0.2, 0) is 0 Å². The average molecular weight is 234 g/mol. The van der Waals surface area contributed by atoms with Crippen molar-refractivity contribution in [1.29, 1.82) is 0 Å². The Bertz CT molecular complexity index is 315. The van der Waals surface area contributed by atoms with E-state index in [9.17, 15) is 0 Å². The third kappa shape index (κ3) is 3.00. The van der Waals surface area contributed by atoms with E-state index in [0.29, 0.717) is 22.8 Å². The maximum absolute atomic E-state index is 5.90. The molecule has 1 aromatic rings. The Kier molecular flexibility index (Phi) is 3.96. The van der Waals surface area contributed by atoms with Gasteiger partial charge in [-0.05, 0) is 24.4 Å². The number of nitrogens with zero attached hydrogens (tertiary/aromatic N) is 2. The molecule has 3 nitrogen and oxygen atoms in total. The average Bonchev–Trinajstić information content (AvgIpc) is 2.11. The molecule has 0 aliphatic carbocycles. The fourth-order valence-electron chi connectivity index (χ4n) is 0.829. The van der Waals surface area contributed by atoms with Gasteiger partial charge in [-0.1, -0.05) is 25.4 Å². The summed E-state index contributed by atoms with van der Waals surface area (Å²) in [5.41, 5.74) is 0. The van der Waals surface area contributed by atoms with Crippen LogP contribution in [0.1, 0.15) is 20.8 Å². The molecule has 0 fully saturated rings. The molecule has 0 radical (unpaired) electrons. The van der Waals surface area contributed by atoms with Crippen LogP contribution in [0.25, 0.3) is 0 Å². The molecule has 0 aromatic carbocycles. The van der Waals surface area contributed by atoms with Gasteiger partial charge in [0.2, 0.25) is 5.28 Å². The van der Waals surface area contributed by atoms with Gasteiger partial charge in [0.05, 0.1) is 6.20 Å². The maximum Gasteiger partial charge on any atom is 0.224 e. The predicted molar refractivity (Wildman–Crippen MR) is 60.0 cm³/mol. The highest BCUT2D eigenvalue weighted by Crippen LogP contribution is 2.21. The molecule has 0 spiro atoms. The molecule has 78 valence electrons. The van der Waals surface area contributed by atoms with E-state index in [-0.39, 0.29) is 5.28 Å². The zero-order chi connectivity index (χ0) is 10.7. The molecule has 1 N–H and O–H groups in total. The summed E-state index contributed by atoms with van der Waals surface area (Å²) in [6.45, 7) is 6.31. The summed E-state index contributed by atoms with van der Waals surface area (Å²) in [7, 11) is 0. The first-order valence-corrected chi connectivity index (χ1v) is 5.21. The Labute approximate surface area is 93.9 Å². The minimum atomic E-state index is 0.202. The van der Waals surface area contributed by atoms with Gasteiger partial charge in [0.25, 0.3) is 0 Å². The van der Waals surface area contributed by atoms with Gasteiger partial charge in [0.15, 0.2) is 0 Å². The maximum atomic E-state index is 5.90. The first-order chi connectivity index (χ1) is 6.50. The third-order valence-corrected chi connectivity index (χ3v) is 2.54. The van der Waals surface area contributed by atoms with Crippen LogP contribution in [0.4, 0.5) is 5.82 Å². The van der Waals surface area contributed by atoms with Gasteiger partial charge >= 0.3 is 0 Å². The normalized spacial score (nSPS) is 13.0. The topological polar surface area (TPSA) is 37.8 Å². The Hall–Kier alpha value is -0.540. The second kappa shape index (κ2) is 4.80. The lowest BCUT2D eigenvalue weighted by molar-refractivity contribution is 0.558. The largest absolute Gasteiger partial charge is 0.366 e. The van der Waals surface area contributed by atoms with Crippen molar-refractivity contribution in [2.75, 3.05) is 5.32 Å². The van der Waals surface area contributed by atoms with Crippen LogP contribution in [0.2, 0.25) is 10.3 Å². The van der Waals surface area contributed by atoms with Crippen LogP contribution < -0.4 is 5.32 Å². The van der Waals surface area contributed by atoms with Crippen LogP contribution in [0.3, 0.4) is 0 Å². The van der Waals surface area contributed by atoms with Gasteiger partial charge in [0, 0.05) is 6.04 Å². The van der Waals surface area contributed by atoms with E-state index in [0.717, 1.165) is 0 Å². The molecule has 1 atom stereocenters. The van der Waals surface area contributed by atoms with E-state index in [2.05, 4.69) is 36.1 Å². The first kappa shape index (κ1) is 11.5. The van der Waals surface area contributed by atoms with Crippen molar-refractivity contribution in [3.63, 3.8) is 0 Å². The third-order valence-electron chi connectivity index (χ3n) is 2.08. The Morgan fingerprint density at radius 1 is 1.29 bits per heavy atom. The number of nitrogens with one attached hydrogen (secondary N) is 1. The molecule has 0 aliphatic rings. The molecule has 1 rings (SSSR count). The van der Waals surface area contributed by atoms with E-state index >= 15 is 0 Å². The number of anilines is 1. The lowest BCUT2D eigenvalue weighted by atomic mass is 10.1. The fourth-order valence-corrected chi connectivity index (χ4v) is 1.11. The summed E-state index contributed by atoms with van der Waals surface area (Å²) in [6.07, 6.45) is 1.49. The van der Waals surface area contributed by atoms with Crippen LogP contribution in [0, 0.1) is 5.92 Å². The molecule has 0 bridgehead atoms. The molecule has 0 saturated heterocycles.